The average molecular weight is 266 g/mol. The second-order valence-electron chi connectivity index (χ2n) is 5.84. The highest BCUT2D eigenvalue weighted by atomic mass is 15.1. The summed E-state index contributed by atoms with van der Waals surface area (Å²) in [5.41, 5.74) is 13.7. The van der Waals surface area contributed by atoms with E-state index >= 15 is 0 Å². The van der Waals surface area contributed by atoms with Gasteiger partial charge in [0.05, 0.1) is 0 Å². The highest BCUT2D eigenvalue weighted by molar-refractivity contribution is 5.61. The first kappa shape index (κ1) is 13.0. The largest absolute Gasteiger partial charge is 0.399 e. The van der Waals surface area contributed by atoms with Crippen molar-refractivity contribution in [1.29, 1.82) is 0 Å². The van der Waals surface area contributed by atoms with Gasteiger partial charge < -0.3 is 10.6 Å². The molecule has 3 rings (SSSR count). The van der Waals surface area contributed by atoms with E-state index in [9.17, 15) is 0 Å². The van der Waals surface area contributed by atoms with Crippen molar-refractivity contribution in [2.24, 2.45) is 0 Å². The number of aryl methyl sites for hydroxylation is 3. The lowest BCUT2D eigenvalue weighted by molar-refractivity contribution is 0.690. The molecule has 1 heterocycles. The highest BCUT2D eigenvalue weighted by Gasteiger charge is 2.17. The molecule has 0 unspecified atom stereocenters. The van der Waals surface area contributed by atoms with Crippen molar-refractivity contribution in [2.45, 2.75) is 33.2 Å². The van der Waals surface area contributed by atoms with E-state index in [1.165, 1.54) is 34.4 Å². The average Bonchev–Trinajstić information content (AvgIpc) is 2.43. The van der Waals surface area contributed by atoms with Gasteiger partial charge in [0.25, 0.3) is 0 Å². The third-order valence-electron chi connectivity index (χ3n) is 4.18. The minimum absolute atomic E-state index is 0.873. The third-order valence-corrected chi connectivity index (χ3v) is 4.18. The van der Waals surface area contributed by atoms with Crippen LogP contribution in [0.4, 0.5) is 11.4 Å². The minimum Gasteiger partial charge on any atom is -0.399 e. The number of fused-ring (bicyclic) bond motifs is 1. The Labute approximate surface area is 121 Å². The molecular formula is C18H22N2. The van der Waals surface area contributed by atoms with Gasteiger partial charge in [0.15, 0.2) is 0 Å². The van der Waals surface area contributed by atoms with Crippen LogP contribution in [0.3, 0.4) is 0 Å². The van der Waals surface area contributed by atoms with Gasteiger partial charge in [-0.25, -0.2) is 0 Å². The summed E-state index contributed by atoms with van der Waals surface area (Å²) in [6, 6.07) is 13.0. The number of hydrogen-bond donors (Lipinski definition) is 1. The van der Waals surface area contributed by atoms with Gasteiger partial charge in [-0.3, -0.25) is 0 Å². The van der Waals surface area contributed by atoms with Crippen LogP contribution >= 0.6 is 0 Å². The van der Waals surface area contributed by atoms with Crippen molar-refractivity contribution in [3.05, 3.63) is 58.7 Å². The molecule has 0 radical (unpaired) electrons. The Hall–Kier alpha value is -1.96. The van der Waals surface area contributed by atoms with Crippen LogP contribution < -0.4 is 10.6 Å². The molecule has 1 aliphatic rings. The van der Waals surface area contributed by atoms with E-state index < -0.39 is 0 Å². The number of nitrogens with two attached hydrogens (primary N) is 1. The molecule has 0 aliphatic carbocycles. The quantitative estimate of drug-likeness (QED) is 0.837. The lowest BCUT2D eigenvalue weighted by atomic mass is 9.99. The molecule has 20 heavy (non-hydrogen) atoms. The third kappa shape index (κ3) is 2.51. The van der Waals surface area contributed by atoms with Crippen LogP contribution in [0.1, 0.15) is 28.7 Å². The fraction of sp³-hybridized carbons (Fsp3) is 0.333. The van der Waals surface area contributed by atoms with Crippen molar-refractivity contribution in [2.75, 3.05) is 17.2 Å². The lowest BCUT2D eigenvalue weighted by Gasteiger charge is -2.32. The van der Waals surface area contributed by atoms with Gasteiger partial charge in [0.2, 0.25) is 0 Å². The number of nitrogen functional groups attached to an aromatic ring is 1. The summed E-state index contributed by atoms with van der Waals surface area (Å²) in [5.74, 6) is 0. The van der Waals surface area contributed by atoms with E-state index in [2.05, 4.69) is 49.1 Å². The van der Waals surface area contributed by atoms with E-state index in [1.807, 2.05) is 6.07 Å². The monoisotopic (exact) mass is 266 g/mol. The second kappa shape index (κ2) is 5.20. The Morgan fingerprint density at radius 1 is 1.10 bits per heavy atom. The van der Waals surface area contributed by atoms with Crippen LogP contribution in [0.2, 0.25) is 0 Å². The van der Waals surface area contributed by atoms with Crippen molar-refractivity contribution >= 4 is 11.4 Å². The predicted octanol–water partition coefficient (Wildman–Crippen LogP) is 3.84. The van der Waals surface area contributed by atoms with Crippen LogP contribution in [-0.2, 0) is 13.0 Å². The second-order valence-corrected chi connectivity index (χ2v) is 5.84. The first-order chi connectivity index (χ1) is 9.63. The summed E-state index contributed by atoms with van der Waals surface area (Å²) in [7, 11) is 0. The van der Waals surface area contributed by atoms with Crippen LogP contribution in [0.15, 0.2) is 36.4 Å². The fourth-order valence-corrected chi connectivity index (χ4v) is 3.04. The molecule has 0 amide bonds. The molecule has 0 saturated carbocycles. The first-order valence-electron chi connectivity index (χ1n) is 7.33. The van der Waals surface area contributed by atoms with Crippen molar-refractivity contribution in [3.63, 3.8) is 0 Å². The number of benzene rings is 2. The van der Waals surface area contributed by atoms with Gasteiger partial charge in [-0.1, -0.05) is 23.8 Å². The Morgan fingerprint density at radius 2 is 1.95 bits per heavy atom. The molecule has 2 aromatic carbocycles. The summed E-state index contributed by atoms with van der Waals surface area (Å²) >= 11 is 0. The number of rotatable bonds is 2. The molecule has 104 valence electrons. The number of hydrogen-bond acceptors (Lipinski definition) is 2. The maximum absolute atomic E-state index is 5.91. The Morgan fingerprint density at radius 3 is 2.80 bits per heavy atom. The summed E-state index contributed by atoms with van der Waals surface area (Å²) < 4.78 is 0. The molecular weight excluding hydrogens is 244 g/mol. The standard InChI is InChI=1S/C18H22N2/c1-13-5-6-14(2)16(10-13)12-20-9-3-4-15-11-17(19)7-8-18(15)20/h5-8,10-11H,3-4,9,12,19H2,1-2H3. The van der Waals surface area contributed by atoms with Crippen LogP contribution in [0.5, 0.6) is 0 Å². The maximum Gasteiger partial charge on any atom is 0.0432 e. The van der Waals surface area contributed by atoms with E-state index in [0.717, 1.165) is 25.2 Å². The normalized spacial score (nSPS) is 14.2. The van der Waals surface area contributed by atoms with Gasteiger partial charge in [-0.15, -0.1) is 0 Å². The molecule has 0 bridgehead atoms. The van der Waals surface area contributed by atoms with E-state index in [1.54, 1.807) is 0 Å². The summed E-state index contributed by atoms with van der Waals surface area (Å²) in [5, 5.41) is 0. The molecule has 0 aromatic heterocycles. The Bertz CT molecular complexity index is 631. The van der Waals surface area contributed by atoms with E-state index in [0.29, 0.717) is 0 Å². The van der Waals surface area contributed by atoms with Crippen LogP contribution in [-0.4, -0.2) is 6.54 Å². The minimum atomic E-state index is 0.873. The van der Waals surface area contributed by atoms with Gasteiger partial charge >= 0.3 is 0 Å². The van der Waals surface area contributed by atoms with E-state index in [-0.39, 0.29) is 0 Å². The van der Waals surface area contributed by atoms with Crippen LogP contribution in [0, 0.1) is 13.8 Å². The summed E-state index contributed by atoms with van der Waals surface area (Å²) in [6.07, 6.45) is 2.35. The maximum atomic E-state index is 5.91. The van der Waals surface area contributed by atoms with Crippen LogP contribution in [0.25, 0.3) is 0 Å². The highest BCUT2D eigenvalue weighted by Crippen LogP contribution is 2.30. The molecule has 2 nitrogen and oxygen atoms in total. The van der Waals surface area contributed by atoms with E-state index in [4.69, 9.17) is 5.73 Å². The Balaban J connectivity index is 1.91. The molecule has 1 aliphatic heterocycles. The predicted molar refractivity (Wildman–Crippen MR) is 86.1 cm³/mol. The van der Waals surface area contributed by atoms with Gasteiger partial charge in [-0.05, 0) is 61.6 Å². The molecule has 0 fully saturated rings. The van der Waals surface area contributed by atoms with Gasteiger partial charge in [0.1, 0.15) is 0 Å². The summed E-state index contributed by atoms with van der Waals surface area (Å²) in [4.78, 5) is 2.49. The zero-order chi connectivity index (χ0) is 14.1. The SMILES string of the molecule is Cc1ccc(C)c(CN2CCCc3cc(N)ccc32)c1. The van der Waals surface area contributed by atoms with Crippen molar-refractivity contribution in [3.8, 4) is 0 Å². The lowest BCUT2D eigenvalue weighted by Crippen LogP contribution is -2.29. The molecule has 0 spiro atoms. The van der Waals surface area contributed by atoms with Gasteiger partial charge in [0, 0.05) is 24.5 Å². The Kier molecular flexibility index (Phi) is 3.39. The number of nitrogens with zero attached hydrogens (tertiary/aromatic N) is 1. The smallest absolute Gasteiger partial charge is 0.0432 e. The molecule has 0 saturated heterocycles. The summed E-state index contributed by atoms with van der Waals surface area (Å²) in [6.45, 7) is 6.48. The zero-order valence-corrected chi connectivity index (χ0v) is 12.3. The molecule has 2 aromatic rings. The van der Waals surface area contributed by atoms with Gasteiger partial charge in [-0.2, -0.15) is 0 Å². The molecule has 0 atom stereocenters. The number of anilines is 2. The fourth-order valence-electron chi connectivity index (χ4n) is 3.04. The molecule has 2 heteroatoms. The van der Waals surface area contributed by atoms with Crippen molar-refractivity contribution in [1.82, 2.24) is 0 Å². The molecule has 2 N–H and O–H groups in total. The zero-order valence-electron chi connectivity index (χ0n) is 12.3. The first-order valence-corrected chi connectivity index (χ1v) is 7.33. The van der Waals surface area contributed by atoms with Crippen molar-refractivity contribution < 1.29 is 0 Å². The topological polar surface area (TPSA) is 29.3 Å².